The van der Waals surface area contributed by atoms with Crippen molar-refractivity contribution < 1.29 is 0 Å². The van der Waals surface area contributed by atoms with Gasteiger partial charge in [0.2, 0.25) is 0 Å². The lowest BCUT2D eigenvalue weighted by molar-refractivity contribution is 0.347. The number of aromatic nitrogens is 2. The van der Waals surface area contributed by atoms with Crippen molar-refractivity contribution in [1.29, 1.82) is 0 Å². The number of H-pyrrole nitrogens is 2. The molecule has 1 unspecified atom stereocenters. The zero-order valence-corrected chi connectivity index (χ0v) is 12.8. The third-order valence-electron chi connectivity index (χ3n) is 4.05. The average Bonchev–Trinajstić information content (AvgIpc) is 2.48. The molecule has 2 aromatic rings. The van der Waals surface area contributed by atoms with Gasteiger partial charge in [0, 0.05) is 6.04 Å². The summed E-state index contributed by atoms with van der Waals surface area (Å²) in [6.07, 6.45) is 2.18. The molecule has 5 nitrogen and oxygen atoms in total. The van der Waals surface area contributed by atoms with E-state index in [4.69, 9.17) is 0 Å². The predicted molar refractivity (Wildman–Crippen MR) is 85.7 cm³/mol. The third-order valence-corrected chi connectivity index (χ3v) is 4.05. The Hall–Kier alpha value is -1.88. The Bertz CT molecular complexity index is 713. The Morgan fingerprint density at radius 1 is 1.00 bits per heavy atom. The van der Waals surface area contributed by atoms with Crippen LogP contribution in [-0.2, 0) is 0 Å². The van der Waals surface area contributed by atoms with Crippen molar-refractivity contribution in [3.8, 4) is 0 Å². The van der Waals surface area contributed by atoms with Gasteiger partial charge in [-0.15, -0.1) is 0 Å². The van der Waals surface area contributed by atoms with Crippen molar-refractivity contribution in [2.45, 2.75) is 39.7 Å². The van der Waals surface area contributed by atoms with Crippen molar-refractivity contribution in [3.05, 3.63) is 44.5 Å². The summed E-state index contributed by atoms with van der Waals surface area (Å²) in [5, 5.41) is 3.53. The molecule has 0 aliphatic heterocycles. The fourth-order valence-electron chi connectivity index (χ4n) is 2.86. The highest BCUT2D eigenvalue weighted by molar-refractivity contribution is 5.74. The van der Waals surface area contributed by atoms with Crippen LogP contribution in [0.1, 0.15) is 45.2 Å². The fourth-order valence-corrected chi connectivity index (χ4v) is 2.86. The molecule has 0 saturated heterocycles. The molecule has 114 valence electrons. The lowest BCUT2D eigenvalue weighted by Gasteiger charge is -2.26. The lowest BCUT2D eigenvalue weighted by atomic mass is 9.88. The first-order chi connectivity index (χ1) is 10.1. The second-order valence-corrected chi connectivity index (χ2v) is 5.33. The average molecular weight is 289 g/mol. The molecule has 2 rings (SSSR count). The number of benzene rings is 1. The van der Waals surface area contributed by atoms with Crippen LogP contribution in [0.15, 0.2) is 27.8 Å². The molecule has 0 aliphatic carbocycles. The molecule has 0 saturated carbocycles. The van der Waals surface area contributed by atoms with Gasteiger partial charge in [0.05, 0.1) is 11.0 Å². The van der Waals surface area contributed by atoms with Crippen molar-refractivity contribution >= 4 is 11.0 Å². The minimum atomic E-state index is -0.613. The molecule has 1 aromatic carbocycles. The minimum absolute atomic E-state index is 0.254. The summed E-state index contributed by atoms with van der Waals surface area (Å²) in [4.78, 5) is 28.1. The van der Waals surface area contributed by atoms with Crippen molar-refractivity contribution in [3.63, 3.8) is 0 Å². The number of hydrogen-bond donors (Lipinski definition) is 3. The first-order valence-electron chi connectivity index (χ1n) is 7.60. The molecule has 3 N–H and O–H groups in total. The number of hydrogen-bond acceptors (Lipinski definition) is 3. The summed E-state index contributed by atoms with van der Waals surface area (Å²) in [5.74, 6) is 0.539. The first kappa shape index (κ1) is 15.5. The third kappa shape index (κ3) is 3.24. The fraction of sp³-hybridized carbons (Fsp3) is 0.500. The van der Waals surface area contributed by atoms with Crippen LogP contribution >= 0.6 is 0 Å². The minimum Gasteiger partial charge on any atom is -0.316 e. The van der Waals surface area contributed by atoms with Crippen LogP contribution in [0.3, 0.4) is 0 Å². The maximum absolute atomic E-state index is 11.5. The van der Waals surface area contributed by atoms with Crippen LogP contribution in [0.5, 0.6) is 0 Å². The highest BCUT2D eigenvalue weighted by Gasteiger charge is 2.19. The van der Waals surface area contributed by atoms with Crippen LogP contribution in [0.4, 0.5) is 0 Å². The summed E-state index contributed by atoms with van der Waals surface area (Å²) in [5.41, 5.74) is 1.25. The SMILES string of the molecule is CCNC(c1ccc2[nH]c(=O)c(=O)[nH]c2c1)C(CC)CC. The standard InChI is InChI=1S/C16H23N3O2/c1-4-10(5-2)14(17-6-3)11-7-8-12-13(9-11)19-16(21)15(20)18-12/h7-10,14,17H,4-6H2,1-3H3,(H,18,20)(H,19,21). The van der Waals surface area contributed by atoms with Gasteiger partial charge < -0.3 is 15.3 Å². The lowest BCUT2D eigenvalue weighted by Crippen LogP contribution is -2.30. The van der Waals surface area contributed by atoms with E-state index in [1.54, 1.807) is 0 Å². The molecular weight excluding hydrogens is 266 g/mol. The van der Waals surface area contributed by atoms with E-state index in [2.05, 4.69) is 36.1 Å². The Morgan fingerprint density at radius 3 is 2.19 bits per heavy atom. The van der Waals surface area contributed by atoms with Crippen LogP contribution < -0.4 is 16.4 Å². The first-order valence-corrected chi connectivity index (χ1v) is 7.60. The van der Waals surface area contributed by atoms with Crippen molar-refractivity contribution in [2.24, 2.45) is 5.92 Å². The van der Waals surface area contributed by atoms with E-state index in [0.29, 0.717) is 17.0 Å². The van der Waals surface area contributed by atoms with E-state index in [0.717, 1.165) is 24.9 Å². The molecule has 1 aromatic heterocycles. The zero-order chi connectivity index (χ0) is 15.4. The van der Waals surface area contributed by atoms with Gasteiger partial charge in [-0.1, -0.05) is 39.7 Å². The number of fused-ring (bicyclic) bond motifs is 1. The van der Waals surface area contributed by atoms with Gasteiger partial charge in [0.25, 0.3) is 0 Å². The normalized spacial score (nSPS) is 13.0. The van der Waals surface area contributed by atoms with Crippen molar-refractivity contribution in [2.75, 3.05) is 6.54 Å². The molecule has 0 aliphatic rings. The number of rotatable bonds is 6. The highest BCUT2D eigenvalue weighted by atomic mass is 16.2. The molecule has 0 amide bonds. The van der Waals surface area contributed by atoms with Gasteiger partial charge in [-0.2, -0.15) is 0 Å². The summed E-state index contributed by atoms with van der Waals surface area (Å²) in [6, 6.07) is 6.08. The van der Waals surface area contributed by atoms with E-state index >= 15 is 0 Å². The van der Waals surface area contributed by atoms with Gasteiger partial charge in [-0.3, -0.25) is 9.59 Å². The van der Waals surface area contributed by atoms with Gasteiger partial charge in [0.1, 0.15) is 0 Å². The van der Waals surface area contributed by atoms with E-state index in [9.17, 15) is 9.59 Å². The second kappa shape index (κ2) is 6.72. The Morgan fingerprint density at radius 2 is 1.62 bits per heavy atom. The molecule has 0 spiro atoms. The molecular formula is C16H23N3O2. The maximum Gasteiger partial charge on any atom is 0.314 e. The molecule has 5 heteroatoms. The molecule has 21 heavy (non-hydrogen) atoms. The monoisotopic (exact) mass is 289 g/mol. The van der Waals surface area contributed by atoms with Gasteiger partial charge in [0.15, 0.2) is 0 Å². The summed E-state index contributed by atoms with van der Waals surface area (Å²) >= 11 is 0. The second-order valence-electron chi connectivity index (χ2n) is 5.33. The van der Waals surface area contributed by atoms with Gasteiger partial charge in [-0.05, 0) is 30.2 Å². The largest absolute Gasteiger partial charge is 0.316 e. The van der Waals surface area contributed by atoms with E-state index in [1.807, 2.05) is 18.2 Å². The molecule has 0 fully saturated rings. The Labute approximate surface area is 123 Å². The molecule has 0 radical (unpaired) electrons. The van der Waals surface area contributed by atoms with Crippen LogP contribution in [0, 0.1) is 5.92 Å². The topological polar surface area (TPSA) is 77.8 Å². The number of nitrogens with one attached hydrogen (secondary N) is 3. The van der Waals surface area contributed by atoms with Crippen LogP contribution in [-0.4, -0.2) is 16.5 Å². The predicted octanol–water partition coefficient (Wildman–Crippen LogP) is 2.30. The van der Waals surface area contributed by atoms with Gasteiger partial charge >= 0.3 is 11.1 Å². The zero-order valence-electron chi connectivity index (χ0n) is 12.8. The van der Waals surface area contributed by atoms with E-state index in [1.165, 1.54) is 0 Å². The molecule has 0 bridgehead atoms. The quantitative estimate of drug-likeness (QED) is 0.714. The Kier molecular flexibility index (Phi) is 4.96. The van der Waals surface area contributed by atoms with E-state index < -0.39 is 11.1 Å². The van der Waals surface area contributed by atoms with Gasteiger partial charge in [-0.25, -0.2) is 0 Å². The van der Waals surface area contributed by atoms with Crippen LogP contribution in [0.25, 0.3) is 11.0 Å². The highest BCUT2D eigenvalue weighted by Crippen LogP contribution is 2.28. The smallest absolute Gasteiger partial charge is 0.314 e. The number of aromatic amines is 2. The summed E-state index contributed by atoms with van der Waals surface area (Å²) in [7, 11) is 0. The van der Waals surface area contributed by atoms with Crippen LogP contribution in [0.2, 0.25) is 0 Å². The Balaban J connectivity index is 2.50. The summed E-state index contributed by atoms with van der Waals surface area (Å²) in [6.45, 7) is 7.37. The molecule has 1 heterocycles. The maximum atomic E-state index is 11.5. The van der Waals surface area contributed by atoms with Crippen molar-refractivity contribution in [1.82, 2.24) is 15.3 Å². The van der Waals surface area contributed by atoms with E-state index in [-0.39, 0.29) is 6.04 Å². The molecule has 1 atom stereocenters. The summed E-state index contributed by atoms with van der Waals surface area (Å²) < 4.78 is 0.